The van der Waals surface area contributed by atoms with Gasteiger partial charge in [-0.2, -0.15) is 5.10 Å². The topological polar surface area (TPSA) is 98.9 Å². The van der Waals surface area contributed by atoms with Gasteiger partial charge in [0.1, 0.15) is 0 Å². The molecule has 3 rings (SSSR count). The van der Waals surface area contributed by atoms with Gasteiger partial charge in [0.05, 0.1) is 34.6 Å². The van der Waals surface area contributed by atoms with Gasteiger partial charge in [0.15, 0.2) is 5.75 Å². The molecule has 8 nitrogen and oxygen atoms in total. The second-order valence-corrected chi connectivity index (χ2v) is 6.38. The lowest BCUT2D eigenvalue weighted by atomic mass is 10.2. The maximum absolute atomic E-state index is 11.4. The predicted octanol–water partition coefficient (Wildman–Crippen LogP) is 4.45. The van der Waals surface area contributed by atoms with Crippen LogP contribution in [0.3, 0.4) is 0 Å². The Bertz CT molecular complexity index is 954. The number of anilines is 1. The molecule has 3 aromatic rings. The van der Waals surface area contributed by atoms with E-state index in [4.69, 9.17) is 9.47 Å². The Morgan fingerprint density at radius 1 is 1.26 bits per heavy atom. The summed E-state index contributed by atoms with van der Waals surface area (Å²) in [4.78, 5) is 15.3. The Labute approximate surface area is 159 Å². The van der Waals surface area contributed by atoms with Gasteiger partial charge < -0.3 is 9.47 Å². The summed E-state index contributed by atoms with van der Waals surface area (Å²) in [5.41, 5.74) is 4.10. The van der Waals surface area contributed by atoms with E-state index < -0.39 is 4.92 Å². The van der Waals surface area contributed by atoms with Gasteiger partial charge in [-0.1, -0.05) is 23.5 Å². The summed E-state index contributed by atoms with van der Waals surface area (Å²) in [5.74, 6) is 0.440. The number of hydrogen-bond acceptors (Lipinski definition) is 8. The summed E-state index contributed by atoms with van der Waals surface area (Å²) in [5, 5.41) is 16.2. The molecule has 0 amide bonds. The minimum Gasteiger partial charge on any atom is -0.490 e. The molecule has 0 aliphatic rings. The zero-order valence-electron chi connectivity index (χ0n) is 14.8. The highest BCUT2D eigenvalue weighted by Gasteiger charge is 2.22. The van der Waals surface area contributed by atoms with Gasteiger partial charge in [0, 0.05) is 11.6 Å². The number of ether oxygens (including phenoxy) is 2. The number of hydrazone groups is 1. The van der Waals surface area contributed by atoms with Crippen molar-refractivity contribution in [1.29, 1.82) is 0 Å². The molecule has 1 heterocycles. The van der Waals surface area contributed by atoms with Crippen LogP contribution in [0.2, 0.25) is 0 Å². The second kappa shape index (κ2) is 8.45. The molecule has 140 valence electrons. The quantitative estimate of drug-likeness (QED) is 0.349. The Balaban J connectivity index is 1.86. The van der Waals surface area contributed by atoms with Crippen LogP contribution in [-0.4, -0.2) is 29.3 Å². The number of rotatable bonds is 8. The number of aromatic nitrogens is 1. The molecule has 0 saturated heterocycles. The number of fused-ring (bicyclic) bond motifs is 1. The van der Waals surface area contributed by atoms with Crippen LogP contribution in [0.15, 0.2) is 41.5 Å². The lowest BCUT2D eigenvalue weighted by Gasteiger charge is -2.11. The summed E-state index contributed by atoms with van der Waals surface area (Å²) in [6.07, 6.45) is 1.48. The molecule has 0 radical (unpaired) electrons. The molecule has 0 fully saturated rings. The summed E-state index contributed by atoms with van der Waals surface area (Å²) in [6, 6.07) is 10.8. The summed E-state index contributed by atoms with van der Waals surface area (Å²) < 4.78 is 12.0. The third kappa shape index (κ3) is 4.32. The first-order valence-electron chi connectivity index (χ1n) is 8.35. The molecule has 1 aromatic heterocycles. The monoisotopic (exact) mass is 386 g/mol. The Kier molecular flexibility index (Phi) is 5.82. The van der Waals surface area contributed by atoms with Crippen LogP contribution in [0.1, 0.15) is 19.4 Å². The van der Waals surface area contributed by atoms with Crippen molar-refractivity contribution < 1.29 is 14.4 Å². The van der Waals surface area contributed by atoms with Crippen LogP contribution in [0.25, 0.3) is 10.2 Å². The fourth-order valence-electron chi connectivity index (χ4n) is 2.45. The van der Waals surface area contributed by atoms with E-state index >= 15 is 0 Å². The molecule has 27 heavy (non-hydrogen) atoms. The van der Waals surface area contributed by atoms with E-state index in [9.17, 15) is 10.1 Å². The lowest BCUT2D eigenvalue weighted by Crippen LogP contribution is -2.03. The Morgan fingerprint density at radius 2 is 2.04 bits per heavy atom. The Morgan fingerprint density at radius 3 is 2.74 bits per heavy atom. The molecule has 0 spiro atoms. The highest BCUT2D eigenvalue weighted by atomic mass is 32.1. The number of thiazole rings is 1. The van der Waals surface area contributed by atoms with Gasteiger partial charge in [0.25, 0.3) is 0 Å². The molecule has 0 unspecified atom stereocenters. The van der Waals surface area contributed by atoms with Gasteiger partial charge in [-0.15, -0.1) is 0 Å². The standard InChI is InChI=1S/C18H18N4O4S/c1-3-25-15-10-12(9-14(22(23)24)17(15)26-4-2)11-19-21-18-20-13-7-5-6-8-16(13)27-18/h5-11H,3-4H2,1-2H3,(H,20,21)/b19-11-. The van der Waals surface area contributed by atoms with Gasteiger partial charge in [-0.05, 0) is 32.0 Å². The maximum Gasteiger partial charge on any atom is 0.315 e. The molecule has 0 aliphatic carbocycles. The first-order valence-corrected chi connectivity index (χ1v) is 9.16. The smallest absolute Gasteiger partial charge is 0.315 e. The minimum absolute atomic E-state index is 0.126. The van der Waals surface area contributed by atoms with Crippen molar-refractivity contribution in [1.82, 2.24) is 4.98 Å². The first-order chi connectivity index (χ1) is 13.1. The highest BCUT2D eigenvalue weighted by Crippen LogP contribution is 2.38. The van der Waals surface area contributed by atoms with Crippen LogP contribution in [0.5, 0.6) is 11.5 Å². The van der Waals surface area contributed by atoms with Crippen molar-refractivity contribution >= 4 is 38.6 Å². The van der Waals surface area contributed by atoms with Crippen LogP contribution >= 0.6 is 11.3 Å². The van der Waals surface area contributed by atoms with E-state index in [1.807, 2.05) is 24.3 Å². The van der Waals surface area contributed by atoms with Gasteiger partial charge >= 0.3 is 5.69 Å². The minimum atomic E-state index is -0.494. The number of nitro benzene ring substituents is 1. The van der Waals surface area contributed by atoms with Crippen molar-refractivity contribution in [2.24, 2.45) is 5.10 Å². The number of nitro groups is 1. The van der Waals surface area contributed by atoms with Gasteiger partial charge in [-0.3, -0.25) is 15.5 Å². The van der Waals surface area contributed by atoms with Crippen molar-refractivity contribution in [3.63, 3.8) is 0 Å². The molecule has 0 aliphatic heterocycles. The number of para-hydroxylation sites is 1. The molecular formula is C18H18N4O4S. The molecule has 1 N–H and O–H groups in total. The number of nitrogens with zero attached hydrogens (tertiary/aromatic N) is 3. The van der Waals surface area contributed by atoms with Gasteiger partial charge in [0.2, 0.25) is 10.9 Å². The third-order valence-corrected chi connectivity index (χ3v) is 4.45. The fraction of sp³-hybridized carbons (Fsp3) is 0.222. The Hall–Kier alpha value is -3.20. The van der Waals surface area contributed by atoms with Crippen molar-refractivity contribution in [3.05, 3.63) is 52.1 Å². The van der Waals surface area contributed by atoms with Crippen molar-refractivity contribution in [3.8, 4) is 11.5 Å². The summed E-state index contributed by atoms with van der Waals surface area (Å²) >= 11 is 1.47. The molecule has 0 saturated carbocycles. The molecular weight excluding hydrogens is 368 g/mol. The van der Waals surface area contributed by atoms with E-state index in [-0.39, 0.29) is 11.4 Å². The number of hydrogen-bond donors (Lipinski definition) is 1. The van der Waals surface area contributed by atoms with E-state index in [2.05, 4.69) is 15.5 Å². The van der Waals surface area contributed by atoms with Crippen LogP contribution in [0, 0.1) is 10.1 Å². The van der Waals surface area contributed by atoms with E-state index in [0.29, 0.717) is 29.7 Å². The lowest BCUT2D eigenvalue weighted by molar-refractivity contribution is -0.385. The predicted molar refractivity (Wildman–Crippen MR) is 106 cm³/mol. The first kappa shape index (κ1) is 18.6. The molecule has 9 heteroatoms. The average molecular weight is 386 g/mol. The average Bonchev–Trinajstić information content (AvgIpc) is 3.06. The SMILES string of the molecule is CCOc1cc(/C=N\Nc2nc3ccccc3s2)cc([N+](=O)[O-])c1OCC. The second-order valence-electron chi connectivity index (χ2n) is 5.35. The fourth-order valence-corrected chi connectivity index (χ4v) is 3.27. The zero-order chi connectivity index (χ0) is 19.2. The van der Waals surface area contributed by atoms with E-state index in [1.165, 1.54) is 23.6 Å². The van der Waals surface area contributed by atoms with Crippen molar-refractivity contribution in [2.45, 2.75) is 13.8 Å². The van der Waals surface area contributed by atoms with Crippen LogP contribution in [-0.2, 0) is 0 Å². The van der Waals surface area contributed by atoms with E-state index in [0.717, 1.165) is 10.2 Å². The van der Waals surface area contributed by atoms with Gasteiger partial charge in [-0.25, -0.2) is 4.98 Å². The van der Waals surface area contributed by atoms with Crippen LogP contribution in [0.4, 0.5) is 10.8 Å². The summed E-state index contributed by atoms with van der Waals surface area (Å²) in [6.45, 7) is 4.23. The van der Waals surface area contributed by atoms with E-state index in [1.54, 1.807) is 19.9 Å². The molecule has 0 bridgehead atoms. The highest BCUT2D eigenvalue weighted by molar-refractivity contribution is 7.22. The molecule has 0 atom stereocenters. The summed E-state index contributed by atoms with van der Waals surface area (Å²) in [7, 11) is 0. The third-order valence-electron chi connectivity index (χ3n) is 3.51. The normalized spacial score (nSPS) is 11.0. The zero-order valence-corrected chi connectivity index (χ0v) is 15.7. The maximum atomic E-state index is 11.4. The number of nitrogens with one attached hydrogen (secondary N) is 1. The largest absolute Gasteiger partial charge is 0.490 e. The van der Waals surface area contributed by atoms with Crippen molar-refractivity contribution in [2.75, 3.05) is 18.6 Å². The van der Waals surface area contributed by atoms with Crippen LogP contribution < -0.4 is 14.9 Å². The number of benzene rings is 2. The molecule has 2 aromatic carbocycles.